The Kier molecular flexibility index (Phi) is 4.55. The van der Waals surface area contributed by atoms with Crippen LogP contribution in [0.1, 0.15) is 11.5 Å². The zero-order valence-electron chi connectivity index (χ0n) is 9.18. The number of hydrogen-bond acceptors (Lipinski definition) is 4. The molecule has 0 aliphatic carbocycles. The third-order valence-corrected chi connectivity index (χ3v) is 2.32. The maximum absolute atomic E-state index is 9.24. The van der Waals surface area contributed by atoms with Crippen LogP contribution in [0, 0.1) is 0 Å². The second kappa shape index (κ2) is 5.70. The summed E-state index contributed by atoms with van der Waals surface area (Å²) in [6.45, 7) is 0.719. The Bertz CT molecular complexity index is 285. The molecular formula is C11H18N2O2. The summed E-state index contributed by atoms with van der Waals surface area (Å²) in [5, 5.41) is 10.8. The molecule has 0 aliphatic heterocycles. The van der Waals surface area contributed by atoms with E-state index < -0.39 is 0 Å². The molecule has 0 aromatic heterocycles. The van der Waals surface area contributed by atoms with Gasteiger partial charge in [-0.1, -0.05) is 12.1 Å². The third kappa shape index (κ3) is 3.51. The lowest BCUT2D eigenvalue weighted by atomic mass is 10.00. The van der Waals surface area contributed by atoms with Gasteiger partial charge in [0, 0.05) is 19.5 Å². The minimum absolute atomic E-state index is 0.0471. The highest BCUT2D eigenvalue weighted by molar-refractivity contribution is 5.29. The third-order valence-electron chi connectivity index (χ3n) is 2.32. The van der Waals surface area contributed by atoms with E-state index in [1.165, 1.54) is 0 Å². The van der Waals surface area contributed by atoms with E-state index in [0.29, 0.717) is 6.54 Å². The summed E-state index contributed by atoms with van der Waals surface area (Å²) in [7, 11) is 3.42. The van der Waals surface area contributed by atoms with Gasteiger partial charge in [0.05, 0.1) is 13.7 Å². The van der Waals surface area contributed by atoms with Gasteiger partial charge in [0.1, 0.15) is 5.75 Å². The van der Waals surface area contributed by atoms with Gasteiger partial charge in [0.15, 0.2) is 0 Å². The smallest absolute Gasteiger partial charge is 0.118 e. The number of nitrogens with zero attached hydrogens (tertiary/aromatic N) is 1. The SMILES string of the molecule is COc1ccc(C(CO)CN(C)N)cc1. The molecule has 0 saturated heterocycles. The molecule has 1 rings (SSSR count). The highest BCUT2D eigenvalue weighted by atomic mass is 16.5. The van der Waals surface area contributed by atoms with Crippen molar-refractivity contribution < 1.29 is 9.84 Å². The van der Waals surface area contributed by atoms with Gasteiger partial charge in [0.25, 0.3) is 0 Å². The number of hydrogen-bond donors (Lipinski definition) is 2. The largest absolute Gasteiger partial charge is 0.497 e. The standard InChI is InChI=1S/C11H18N2O2/c1-13(12)7-10(8-14)9-3-5-11(15-2)6-4-9/h3-6,10,14H,7-8,12H2,1-2H3. The van der Waals surface area contributed by atoms with Crippen molar-refractivity contribution in [2.75, 3.05) is 27.3 Å². The first kappa shape index (κ1) is 12.0. The number of benzene rings is 1. The van der Waals surface area contributed by atoms with E-state index in [0.717, 1.165) is 11.3 Å². The topological polar surface area (TPSA) is 58.7 Å². The maximum Gasteiger partial charge on any atom is 0.118 e. The molecule has 4 heteroatoms. The first-order valence-corrected chi connectivity index (χ1v) is 4.88. The summed E-state index contributed by atoms with van der Waals surface area (Å²) in [6.07, 6.45) is 0. The van der Waals surface area contributed by atoms with Gasteiger partial charge >= 0.3 is 0 Å². The Morgan fingerprint density at radius 2 is 2.00 bits per heavy atom. The van der Waals surface area contributed by atoms with E-state index in [-0.39, 0.29) is 12.5 Å². The lowest BCUT2D eigenvalue weighted by Crippen LogP contribution is -2.32. The Morgan fingerprint density at radius 3 is 2.40 bits per heavy atom. The highest BCUT2D eigenvalue weighted by Crippen LogP contribution is 2.19. The number of aliphatic hydroxyl groups excluding tert-OH is 1. The van der Waals surface area contributed by atoms with Crippen LogP contribution in [0.15, 0.2) is 24.3 Å². The van der Waals surface area contributed by atoms with Crippen LogP contribution in [-0.2, 0) is 0 Å². The molecule has 1 aromatic rings. The lowest BCUT2D eigenvalue weighted by molar-refractivity contribution is 0.222. The molecule has 0 spiro atoms. The maximum atomic E-state index is 9.24. The second-order valence-electron chi connectivity index (χ2n) is 3.59. The summed E-state index contributed by atoms with van der Waals surface area (Å²) in [4.78, 5) is 0. The monoisotopic (exact) mass is 210 g/mol. The molecule has 0 aliphatic rings. The molecule has 4 nitrogen and oxygen atoms in total. The van der Waals surface area contributed by atoms with E-state index in [1.807, 2.05) is 24.3 Å². The number of methoxy groups -OCH3 is 1. The fraction of sp³-hybridized carbons (Fsp3) is 0.455. The lowest BCUT2D eigenvalue weighted by Gasteiger charge is -2.19. The van der Waals surface area contributed by atoms with Crippen LogP contribution in [0.25, 0.3) is 0 Å². The number of hydrazine groups is 1. The van der Waals surface area contributed by atoms with E-state index in [9.17, 15) is 5.11 Å². The fourth-order valence-corrected chi connectivity index (χ4v) is 1.49. The summed E-state index contributed by atoms with van der Waals surface area (Å²) in [5.41, 5.74) is 1.07. The quantitative estimate of drug-likeness (QED) is 0.551. The molecule has 1 aromatic carbocycles. The molecule has 0 radical (unpaired) electrons. The molecular weight excluding hydrogens is 192 g/mol. The molecule has 0 heterocycles. The van der Waals surface area contributed by atoms with Gasteiger partial charge < -0.3 is 9.84 Å². The average Bonchev–Trinajstić information content (AvgIpc) is 2.26. The van der Waals surface area contributed by atoms with Crippen molar-refractivity contribution in [1.29, 1.82) is 0 Å². The van der Waals surface area contributed by atoms with Crippen molar-refractivity contribution >= 4 is 0 Å². The summed E-state index contributed by atoms with van der Waals surface area (Å²) >= 11 is 0. The van der Waals surface area contributed by atoms with Crippen LogP contribution in [-0.4, -0.2) is 37.4 Å². The van der Waals surface area contributed by atoms with Gasteiger partial charge in [-0.05, 0) is 17.7 Å². The molecule has 15 heavy (non-hydrogen) atoms. The summed E-state index contributed by atoms with van der Waals surface area (Å²) in [5.74, 6) is 6.42. The van der Waals surface area contributed by atoms with E-state index in [2.05, 4.69) is 0 Å². The minimum Gasteiger partial charge on any atom is -0.497 e. The van der Waals surface area contributed by atoms with Gasteiger partial charge in [-0.25, -0.2) is 5.01 Å². The Morgan fingerprint density at radius 1 is 1.40 bits per heavy atom. The fourth-order valence-electron chi connectivity index (χ4n) is 1.49. The molecule has 0 saturated carbocycles. The first-order valence-electron chi connectivity index (χ1n) is 4.88. The molecule has 1 unspecified atom stereocenters. The van der Waals surface area contributed by atoms with Gasteiger partial charge in [0.2, 0.25) is 0 Å². The van der Waals surface area contributed by atoms with Crippen LogP contribution in [0.2, 0.25) is 0 Å². The van der Waals surface area contributed by atoms with Crippen LogP contribution in [0.3, 0.4) is 0 Å². The van der Waals surface area contributed by atoms with Crippen LogP contribution in [0.5, 0.6) is 5.75 Å². The Hall–Kier alpha value is -1.10. The number of nitrogens with two attached hydrogens (primary N) is 1. The number of rotatable bonds is 5. The molecule has 0 fully saturated rings. The molecule has 0 amide bonds. The van der Waals surface area contributed by atoms with Crippen molar-refractivity contribution in [2.24, 2.45) is 5.84 Å². The van der Waals surface area contributed by atoms with Gasteiger partial charge in [-0.3, -0.25) is 5.84 Å². The number of aliphatic hydroxyl groups is 1. The highest BCUT2D eigenvalue weighted by Gasteiger charge is 2.11. The molecule has 3 N–H and O–H groups in total. The first-order chi connectivity index (χ1) is 7.17. The van der Waals surface area contributed by atoms with Gasteiger partial charge in [-0.15, -0.1) is 0 Å². The molecule has 1 atom stereocenters. The minimum atomic E-state index is 0.0471. The molecule has 0 bridgehead atoms. The van der Waals surface area contributed by atoms with Crippen molar-refractivity contribution in [3.63, 3.8) is 0 Å². The zero-order valence-corrected chi connectivity index (χ0v) is 9.18. The van der Waals surface area contributed by atoms with E-state index >= 15 is 0 Å². The van der Waals surface area contributed by atoms with Gasteiger partial charge in [-0.2, -0.15) is 0 Å². The van der Waals surface area contributed by atoms with Crippen molar-refractivity contribution in [1.82, 2.24) is 5.01 Å². The normalized spacial score (nSPS) is 12.9. The predicted molar refractivity (Wildman–Crippen MR) is 59.6 cm³/mol. The summed E-state index contributed by atoms with van der Waals surface area (Å²) < 4.78 is 5.07. The van der Waals surface area contributed by atoms with Crippen LogP contribution < -0.4 is 10.6 Å². The van der Waals surface area contributed by atoms with E-state index in [4.69, 9.17) is 10.6 Å². The Labute approximate surface area is 90.2 Å². The van der Waals surface area contributed by atoms with Crippen molar-refractivity contribution in [3.8, 4) is 5.75 Å². The Balaban J connectivity index is 2.74. The van der Waals surface area contributed by atoms with Crippen LogP contribution in [0.4, 0.5) is 0 Å². The predicted octanol–water partition coefficient (Wildman–Crippen LogP) is 0.577. The van der Waals surface area contributed by atoms with E-state index in [1.54, 1.807) is 19.2 Å². The number of ether oxygens (including phenoxy) is 1. The van der Waals surface area contributed by atoms with Crippen molar-refractivity contribution in [3.05, 3.63) is 29.8 Å². The average molecular weight is 210 g/mol. The summed E-state index contributed by atoms with van der Waals surface area (Å²) in [6, 6.07) is 7.66. The van der Waals surface area contributed by atoms with Crippen molar-refractivity contribution in [2.45, 2.75) is 5.92 Å². The second-order valence-corrected chi connectivity index (χ2v) is 3.59. The van der Waals surface area contributed by atoms with Crippen LogP contribution >= 0.6 is 0 Å². The molecule has 84 valence electrons. The number of likely N-dealkylation sites (N-methyl/N-ethyl adjacent to an activating group) is 1. The zero-order chi connectivity index (χ0) is 11.3.